The summed E-state index contributed by atoms with van der Waals surface area (Å²) in [6, 6.07) is 16.6. The fraction of sp³-hybridized carbons (Fsp3) is 0.327. The number of benzene rings is 3. The number of hydrogen-bond acceptors (Lipinski definition) is 13. The highest BCUT2D eigenvalue weighted by molar-refractivity contribution is 6.12. The summed E-state index contributed by atoms with van der Waals surface area (Å²) in [6.45, 7) is 10.7. The van der Waals surface area contributed by atoms with Crippen molar-refractivity contribution in [2.75, 3.05) is 38.8 Å². The molecule has 8 rings (SSSR count). The topological polar surface area (TPSA) is 225 Å². The van der Waals surface area contributed by atoms with E-state index in [0.717, 1.165) is 22.0 Å². The molecule has 0 fully saturated rings. The molecule has 2 aliphatic rings. The molecule has 0 bridgehead atoms. The number of nitrogens with zero attached hydrogens (tertiary/aromatic N) is 8. The molecule has 348 valence electrons. The van der Waals surface area contributed by atoms with Crippen molar-refractivity contribution in [2.24, 2.45) is 17.3 Å². The van der Waals surface area contributed by atoms with E-state index >= 15 is 0 Å². The number of rotatable bonds is 12. The van der Waals surface area contributed by atoms with Gasteiger partial charge in [0, 0.05) is 80.1 Å². The molecule has 1 atom stereocenters. The maximum absolute atomic E-state index is 13.9. The van der Waals surface area contributed by atoms with Gasteiger partial charge in [-0.15, -0.1) is 5.10 Å². The number of amidine groups is 1. The lowest BCUT2D eigenvalue weighted by molar-refractivity contribution is -0.172. The highest BCUT2D eigenvalue weighted by atomic mass is 16.6. The molecule has 0 saturated carbocycles. The van der Waals surface area contributed by atoms with Gasteiger partial charge < -0.3 is 53.7 Å². The summed E-state index contributed by atoms with van der Waals surface area (Å²) in [6.07, 6.45) is -0.0225. The predicted molar refractivity (Wildman–Crippen MR) is 252 cm³/mol. The molecule has 2 aliphatic heterocycles. The van der Waals surface area contributed by atoms with Crippen molar-refractivity contribution in [3.05, 3.63) is 110 Å². The number of ether oxygens (including phenoxy) is 2. The number of aromatic hydroxyl groups is 2. The molecule has 67 heavy (non-hydrogen) atoms. The molecule has 18 heteroatoms. The molecule has 2 amide bonds. The van der Waals surface area contributed by atoms with Crippen LogP contribution < -0.4 is 15.2 Å². The predicted octanol–water partition coefficient (Wildman–Crippen LogP) is 5.69. The van der Waals surface area contributed by atoms with Crippen LogP contribution in [0.3, 0.4) is 0 Å². The molecule has 5 heterocycles. The van der Waals surface area contributed by atoms with E-state index in [1.165, 1.54) is 20.8 Å². The molecule has 3 aromatic heterocycles. The lowest BCUT2D eigenvalue weighted by Gasteiger charge is -2.31. The molecular formula is C49H52N8O10. The minimum atomic E-state index is -1.94. The molecule has 6 aromatic rings. The molecule has 1 unspecified atom stereocenters. The van der Waals surface area contributed by atoms with Gasteiger partial charge in [-0.05, 0) is 84.5 Å². The van der Waals surface area contributed by atoms with Crippen LogP contribution in [0.1, 0.15) is 83.9 Å². The van der Waals surface area contributed by atoms with E-state index in [-0.39, 0.29) is 89.8 Å². The maximum atomic E-state index is 13.9. The number of pyridine rings is 2. The lowest BCUT2D eigenvalue weighted by Crippen LogP contribution is -2.44. The number of cyclic esters (lactones) is 1. The molecule has 18 nitrogen and oxygen atoms in total. The third-order valence-corrected chi connectivity index (χ3v) is 12.9. The van der Waals surface area contributed by atoms with Gasteiger partial charge in [-0.3, -0.25) is 9.59 Å². The minimum Gasteiger partial charge on any atom is -0.508 e. The summed E-state index contributed by atoms with van der Waals surface area (Å²) >= 11 is 0. The van der Waals surface area contributed by atoms with Crippen LogP contribution in [-0.2, 0) is 41.8 Å². The second kappa shape index (κ2) is 17.7. The Labute approximate surface area is 385 Å². The van der Waals surface area contributed by atoms with Crippen LogP contribution in [0.15, 0.2) is 75.7 Å². The summed E-state index contributed by atoms with van der Waals surface area (Å²) in [7, 11) is 4.98. The number of phenolic OH excluding ortho intramolecular Hbond substituents is 2. The molecule has 0 spiro atoms. The smallest absolute Gasteiger partial charge is 0.415 e. The lowest BCUT2D eigenvalue weighted by atomic mass is 9.86. The average Bonchev–Trinajstić information content (AvgIpc) is 3.84. The molecule has 0 aliphatic carbocycles. The number of amides is 2. The number of esters is 1. The quantitative estimate of drug-likeness (QED) is 0.0382. The van der Waals surface area contributed by atoms with Crippen molar-refractivity contribution in [1.29, 1.82) is 0 Å². The molecule has 0 radical (unpaired) electrons. The third-order valence-electron chi connectivity index (χ3n) is 12.9. The number of carbonyl (C=O) groups excluding carboxylic acids is 3. The highest BCUT2D eigenvalue weighted by Crippen LogP contribution is 2.41. The van der Waals surface area contributed by atoms with Gasteiger partial charge in [-0.2, -0.15) is 5.10 Å². The average molecular weight is 913 g/mol. The Morgan fingerprint density at radius 3 is 2.42 bits per heavy atom. The number of aryl methyl sites for hydroxylation is 2. The number of aromatic nitrogens is 3. The van der Waals surface area contributed by atoms with Crippen LogP contribution in [0.25, 0.3) is 33.2 Å². The number of likely N-dealkylation sites (N-methyl/N-ethyl adjacent to an activating group) is 2. The van der Waals surface area contributed by atoms with Crippen LogP contribution in [0, 0.1) is 0 Å². The van der Waals surface area contributed by atoms with Crippen molar-refractivity contribution >= 4 is 58.0 Å². The number of aliphatic hydroxyl groups is 2. The van der Waals surface area contributed by atoms with Crippen LogP contribution >= 0.6 is 0 Å². The van der Waals surface area contributed by atoms with E-state index < -0.39 is 24.4 Å². The van der Waals surface area contributed by atoms with Gasteiger partial charge >= 0.3 is 12.1 Å². The Morgan fingerprint density at radius 1 is 0.985 bits per heavy atom. The minimum absolute atomic E-state index is 0.0388. The summed E-state index contributed by atoms with van der Waals surface area (Å²) < 4.78 is 14.4. The van der Waals surface area contributed by atoms with Gasteiger partial charge in [0.05, 0.1) is 34.6 Å². The number of anilines is 1. The number of carbonyl (C=O) groups is 3. The second-order valence-electron chi connectivity index (χ2n) is 17.1. The van der Waals surface area contributed by atoms with Gasteiger partial charge in [0.1, 0.15) is 36.3 Å². The summed E-state index contributed by atoms with van der Waals surface area (Å²) in [5, 5.41) is 52.4. The standard InChI is InChI=1S/C49H52N8O10/c1-9-30-32-19-29(12-13-37(32)51-43-34(30)23-56-39(43)21-36-35(45(56)61)24-66-47(63)49(36,65)10-2)67-48(64)54(7)16-15-53(6)46(62)40-18-27-17-28(11-14-38(27)55(40)8)57(25-58)44(52-50-5)33-20-31(26(3)4)41(59)22-42(33)60/h11-14,17-22,26,58-60,65H,5,9-10,15-16,23-25H2,1-4,6-8H3/b52-44-. The Bertz CT molecular complexity index is 3140. The Kier molecular flexibility index (Phi) is 12.1. The molecule has 4 N–H and O–H groups in total. The van der Waals surface area contributed by atoms with Crippen LogP contribution in [-0.4, -0.2) is 109 Å². The first-order valence-corrected chi connectivity index (χ1v) is 21.8. The third kappa shape index (κ3) is 7.80. The van der Waals surface area contributed by atoms with Gasteiger partial charge in [0.2, 0.25) is 0 Å². The zero-order valence-electron chi connectivity index (χ0n) is 38.3. The number of hydrogen-bond donors (Lipinski definition) is 4. The molecule has 3 aromatic carbocycles. The monoisotopic (exact) mass is 912 g/mol. The Hall–Kier alpha value is -7.57. The van der Waals surface area contributed by atoms with Crippen molar-refractivity contribution in [2.45, 2.75) is 65.2 Å². The SMILES string of the molecule is C=N/N=C(/c1cc(C(C)C)c(O)cc1O)N(CO)c1ccc2c(c1)cc(C(=O)N(C)CCN(C)C(=O)Oc1ccc3nc4c(c(CC)c3c1)Cn1c-4cc3c(c1=O)COC(=O)C3(O)CC)n2C. The van der Waals surface area contributed by atoms with E-state index in [1.807, 2.05) is 20.8 Å². The normalized spacial score (nSPS) is 15.3. The first-order valence-electron chi connectivity index (χ1n) is 21.8. The number of fused-ring (bicyclic) bond motifs is 6. The van der Waals surface area contributed by atoms with Crippen LogP contribution in [0.4, 0.5) is 10.5 Å². The summed E-state index contributed by atoms with van der Waals surface area (Å²) in [5.74, 6) is -1.15. The van der Waals surface area contributed by atoms with E-state index in [1.54, 1.807) is 91.8 Å². The number of aliphatic hydroxyl groups excluding tert-OH is 1. The van der Waals surface area contributed by atoms with Crippen molar-refractivity contribution in [3.8, 4) is 28.6 Å². The fourth-order valence-corrected chi connectivity index (χ4v) is 9.01. The van der Waals surface area contributed by atoms with Crippen LogP contribution in [0.5, 0.6) is 17.2 Å². The largest absolute Gasteiger partial charge is 0.508 e. The van der Waals surface area contributed by atoms with Gasteiger partial charge in [0.25, 0.3) is 11.5 Å². The van der Waals surface area contributed by atoms with Crippen molar-refractivity contribution < 1.29 is 44.3 Å². The summed E-state index contributed by atoms with van der Waals surface area (Å²) in [4.78, 5) is 62.9. The maximum Gasteiger partial charge on any atom is 0.415 e. The van der Waals surface area contributed by atoms with Crippen LogP contribution in [0.2, 0.25) is 0 Å². The molecular weight excluding hydrogens is 861 g/mol. The summed E-state index contributed by atoms with van der Waals surface area (Å²) in [5.41, 5.74) is 4.01. The first kappa shape index (κ1) is 46.0. The van der Waals surface area contributed by atoms with E-state index in [9.17, 15) is 39.6 Å². The highest BCUT2D eigenvalue weighted by Gasteiger charge is 2.45. The van der Waals surface area contributed by atoms with Gasteiger partial charge in [-0.25, -0.2) is 14.6 Å². The fourth-order valence-electron chi connectivity index (χ4n) is 9.01. The van der Waals surface area contributed by atoms with E-state index in [2.05, 4.69) is 16.9 Å². The van der Waals surface area contributed by atoms with Crippen molar-refractivity contribution in [1.82, 2.24) is 23.9 Å². The number of phenols is 2. The second-order valence-corrected chi connectivity index (χ2v) is 17.1. The van der Waals surface area contributed by atoms with Gasteiger partial charge in [0.15, 0.2) is 11.4 Å². The first-order chi connectivity index (χ1) is 31.9. The van der Waals surface area contributed by atoms with Crippen molar-refractivity contribution in [3.63, 3.8) is 0 Å². The Morgan fingerprint density at radius 2 is 1.73 bits per heavy atom. The zero-order chi connectivity index (χ0) is 48.2. The van der Waals surface area contributed by atoms with E-state index in [0.29, 0.717) is 45.7 Å². The van der Waals surface area contributed by atoms with Gasteiger partial charge in [-0.1, -0.05) is 27.7 Å². The Balaban J connectivity index is 0.963. The van der Waals surface area contributed by atoms with E-state index in [4.69, 9.17) is 14.5 Å². The molecule has 0 saturated heterocycles. The zero-order valence-corrected chi connectivity index (χ0v) is 38.3.